The van der Waals surface area contributed by atoms with Gasteiger partial charge in [-0.1, -0.05) is 13.0 Å². The smallest absolute Gasteiger partial charge is 0.138 e. The van der Waals surface area contributed by atoms with Crippen LogP contribution in [0.3, 0.4) is 0 Å². The second-order valence-electron chi connectivity index (χ2n) is 5.04. The number of hydrazine groups is 1. The van der Waals surface area contributed by atoms with Crippen LogP contribution >= 0.6 is 0 Å². The number of aryl methyl sites for hydroxylation is 3. The van der Waals surface area contributed by atoms with Gasteiger partial charge in [0.15, 0.2) is 0 Å². The number of hydrogen-bond donors (Lipinski definition) is 2. The van der Waals surface area contributed by atoms with E-state index in [4.69, 9.17) is 5.84 Å². The first-order valence-electron chi connectivity index (χ1n) is 6.91. The zero-order valence-corrected chi connectivity index (χ0v) is 12.3. The van der Waals surface area contributed by atoms with Crippen molar-refractivity contribution < 1.29 is 0 Å². The van der Waals surface area contributed by atoms with Crippen LogP contribution < -0.4 is 11.3 Å². The molecule has 0 aromatic carbocycles. The van der Waals surface area contributed by atoms with E-state index in [2.05, 4.69) is 40.4 Å². The SMILES string of the molecule is CCCn1ncnc1CC(NN)c1ncc(C)cc1C. The lowest BCUT2D eigenvalue weighted by Crippen LogP contribution is -2.31. The van der Waals surface area contributed by atoms with Gasteiger partial charge in [0.1, 0.15) is 12.2 Å². The third-order valence-electron chi connectivity index (χ3n) is 3.30. The molecule has 0 amide bonds. The molecule has 6 heteroatoms. The van der Waals surface area contributed by atoms with Crippen molar-refractivity contribution >= 4 is 0 Å². The Morgan fingerprint density at radius 1 is 1.35 bits per heavy atom. The molecule has 2 aromatic heterocycles. The van der Waals surface area contributed by atoms with E-state index in [0.29, 0.717) is 6.42 Å². The fourth-order valence-corrected chi connectivity index (χ4v) is 2.35. The first kappa shape index (κ1) is 14.6. The molecule has 1 unspecified atom stereocenters. The highest BCUT2D eigenvalue weighted by atomic mass is 15.3. The van der Waals surface area contributed by atoms with Gasteiger partial charge in [-0.05, 0) is 31.4 Å². The highest BCUT2D eigenvalue weighted by Gasteiger charge is 2.17. The monoisotopic (exact) mass is 274 g/mol. The van der Waals surface area contributed by atoms with E-state index in [9.17, 15) is 0 Å². The second-order valence-corrected chi connectivity index (χ2v) is 5.04. The molecule has 2 rings (SSSR count). The van der Waals surface area contributed by atoms with Gasteiger partial charge < -0.3 is 0 Å². The average molecular weight is 274 g/mol. The molecule has 0 spiro atoms. The number of rotatable bonds is 6. The molecule has 3 N–H and O–H groups in total. The van der Waals surface area contributed by atoms with Gasteiger partial charge in [-0.2, -0.15) is 5.10 Å². The molecule has 2 heterocycles. The van der Waals surface area contributed by atoms with Crippen LogP contribution in [0.4, 0.5) is 0 Å². The van der Waals surface area contributed by atoms with Crippen molar-refractivity contribution in [2.75, 3.05) is 0 Å². The number of nitrogens with one attached hydrogen (secondary N) is 1. The van der Waals surface area contributed by atoms with Gasteiger partial charge >= 0.3 is 0 Å². The van der Waals surface area contributed by atoms with Crippen molar-refractivity contribution in [3.63, 3.8) is 0 Å². The summed E-state index contributed by atoms with van der Waals surface area (Å²) in [6.45, 7) is 7.08. The quantitative estimate of drug-likeness (QED) is 0.615. The molecule has 0 aliphatic carbocycles. The summed E-state index contributed by atoms with van der Waals surface area (Å²) in [7, 11) is 0. The highest BCUT2D eigenvalue weighted by Crippen LogP contribution is 2.19. The summed E-state index contributed by atoms with van der Waals surface area (Å²) in [6.07, 6.45) is 5.16. The van der Waals surface area contributed by atoms with Crippen LogP contribution in [-0.4, -0.2) is 19.7 Å². The maximum absolute atomic E-state index is 5.70. The van der Waals surface area contributed by atoms with E-state index in [1.54, 1.807) is 6.33 Å². The van der Waals surface area contributed by atoms with Crippen LogP contribution in [0.2, 0.25) is 0 Å². The van der Waals surface area contributed by atoms with E-state index in [0.717, 1.165) is 35.6 Å². The molecule has 6 nitrogen and oxygen atoms in total. The molecular weight excluding hydrogens is 252 g/mol. The predicted octanol–water partition coefficient (Wildman–Crippen LogP) is 1.45. The van der Waals surface area contributed by atoms with Crippen LogP contribution in [0.1, 0.15) is 42.0 Å². The molecule has 20 heavy (non-hydrogen) atoms. The fraction of sp³-hybridized carbons (Fsp3) is 0.500. The lowest BCUT2D eigenvalue weighted by Gasteiger charge is -2.17. The van der Waals surface area contributed by atoms with E-state index in [1.807, 2.05) is 17.8 Å². The Kier molecular flexibility index (Phi) is 4.81. The zero-order valence-electron chi connectivity index (χ0n) is 12.3. The number of nitrogens with zero attached hydrogens (tertiary/aromatic N) is 4. The molecule has 0 saturated carbocycles. The lowest BCUT2D eigenvalue weighted by atomic mass is 10.0. The van der Waals surface area contributed by atoms with Crippen molar-refractivity contribution in [3.05, 3.63) is 41.2 Å². The molecule has 2 aromatic rings. The van der Waals surface area contributed by atoms with Crippen LogP contribution in [0, 0.1) is 13.8 Å². The number of pyridine rings is 1. The van der Waals surface area contributed by atoms with Gasteiger partial charge in [0.05, 0.1) is 11.7 Å². The standard InChI is InChI=1S/C14H22N6/c1-4-5-20-13(17-9-18-20)7-12(19-15)14-11(3)6-10(2)8-16-14/h6,8-9,12,19H,4-5,7,15H2,1-3H3. The van der Waals surface area contributed by atoms with Gasteiger partial charge in [-0.25, -0.2) is 4.98 Å². The van der Waals surface area contributed by atoms with Crippen LogP contribution in [0.25, 0.3) is 0 Å². The third kappa shape index (κ3) is 3.20. The first-order valence-corrected chi connectivity index (χ1v) is 6.91. The Morgan fingerprint density at radius 3 is 2.80 bits per heavy atom. The molecule has 0 saturated heterocycles. The summed E-state index contributed by atoms with van der Waals surface area (Å²) >= 11 is 0. The summed E-state index contributed by atoms with van der Waals surface area (Å²) in [5.74, 6) is 6.63. The maximum atomic E-state index is 5.70. The fourth-order valence-electron chi connectivity index (χ4n) is 2.35. The molecule has 1 atom stereocenters. The van der Waals surface area contributed by atoms with Crippen LogP contribution in [-0.2, 0) is 13.0 Å². The van der Waals surface area contributed by atoms with E-state index < -0.39 is 0 Å². The Hall–Kier alpha value is -1.79. The van der Waals surface area contributed by atoms with Gasteiger partial charge in [-0.15, -0.1) is 0 Å². The molecule has 0 bridgehead atoms. The van der Waals surface area contributed by atoms with Crippen molar-refractivity contribution in [2.45, 2.75) is 46.2 Å². The largest absolute Gasteiger partial charge is 0.271 e. The first-order chi connectivity index (χ1) is 9.65. The van der Waals surface area contributed by atoms with Crippen molar-refractivity contribution in [3.8, 4) is 0 Å². The van der Waals surface area contributed by atoms with Crippen LogP contribution in [0.15, 0.2) is 18.6 Å². The molecular formula is C14H22N6. The molecule has 0 aliphatic heterocycles. The third-order valence-corrected chi connectivity index (χ3v) is 3.30. The topological polar surface area (TPSA) is 81.7 Å². The van der Waals surface area contributed by atoms with Gasteiger partial charge in [-0.3, -0.25) is 20.9 Å². The number of hydrogen-bond acceptors (Lipinski definition) is 5. The number of nitrogens with two attached hydrogens (primary N) is 1. The molecule has 0 radical (unpaired) electrons. The predicted molar refractivity (Wildman–Crippen MR) is 77.8 cm³/mol. The Morgan fingerprint density at radius 2 is 2.15 bits per heavy atom. The summed E-state index contributed by atoms with van der Waals surface area (Å²) in [4.78, 5) is 8.83. The van der Waals surface area contributed by atoms with Gasteiger partial charge in [0, 0.05) is 19.2 Å². The summed E-state index contributed by atoms with van der Waals surface area (Å²) < 4.78 is 1.92. The Bertz CT molecular complexity index is 563. The average Bonchev–Trinajstić information content (AvgIpc) is 2.84. The van der Waals surface area contributed by atoms with E-state index in [1.165, 1.54) is 0 Å². The van der Waals surface area contributed by atoms with Crippen LogP contribution in [0.5, 0.6) is 0 Å². The summed E-state index contributed by atoms with van der Waals surface area (Å²) in [6, 6.07) is 2.05. The lowest BCUT2D eigenvalue weighted by molar-refractivity contribution is 0.489. The Labute approximate surface area is 119 Å². The Balaban J connectivity index is 2.22. The number of aromatic nitrogens is 4. The summed E-state index contributed by atoms with van der Waals surface area (Å²) in [5, 5.41) is 4.24. The minimum Gasteiger partial charge on any atom is -0.271 e. The van der Waals surface area contributed by atoms with E-state index in [-0.39, 0.29) is 6.04 Å². The molecule has 0 aliphatic rings. The summed E-state index contributed by atoms with van der Waals surface area (Å²) in [5.41, 5.74) is 6.09. The molecule has 108 valence electrons. The van der Waals surface area contributed by atoms with Crippen molar-refractivity contribution in [1.29, 1.82) is 0 Å². The minimum absolute atomic E-state index is 0.0598. The van der Waals surface area contributed by atoms with Gasteiger partial charge in [0.25, 0.3) is 0 Å². The zero-order chi connectivity index (χ0) is 14.5. The minimum atomic E-state index is -0.0598. The highest BCUT2D eigenvalue weighted by molar-refractivity contribution is 5.26. The van der Waals surface area contributed by atoms with Crippen molar-refractivity contribution in [2.24, 2.45) is 5.84 Å². The van der Waals surface area contributed by atoms with E-state index >= 15 is 0 Å². The van der Waals surface area contributed by atoms with Crippen molar-refractivity contribution in [1.82, 2.24) is 25.2 Å². The normalized spacial score (nSPS) is 12.6. The second kappa shape index (κ2) is 6.58. The maximum Gasteiger partial charge on any atom is 0.138 e. The van der Waals surface area contributed by atoms with Gasteiger partial charge in [0.2, 0.25) is 0 Å². The molecule has 0 fully saturated rings.